The monoisotopic (exact) mass is 164 g/mol. The number of anilines is 1. The molecule has 1 aliphatic heterocycles. The second-order valence-electron chi connectivity index (χ2n) is 2.59. The highest BCUT2D eigenvalue weighted by Gasteiger charge is 2.12. The van der Waals surface area contributed by atoms with E-state index in [-0.39, 0.29) is 0 Å². The Morgan fingerprint density at radius 1 is 1.42 bits per heavy atom. The van der Waals surface area contributed by atoms with E-state index in [0.717, 1.165) is 32.3 Å². The molecule has 0 aliphatic carbocycles. The van der Waals surface area contributed by atoms with Crippen LogP contribution in [0.5, 0.6) is 0 Å². The Bertz CT molecular complexity index is 233. The molecule has 0 spiro atoms. The van der Waals surface area contributed by atoms with Crippen molar-refractivity contribution < 1.29 is 4.74 Å². The zero-order valence-corrected chi connectivity index (χ0v) is 6.73. The van der Waals surface area contributed by atoms with Gasteiger partial charge in [0.25, 0.3) is 0 Å². The molecule has 1 aliphatic rings. The molecule has 4 nitrogen and oxygen atoms in total. The van der Waals surface area contributed by atoms with Crippen molar-refractivity contribution in [3.63, 3.8) is 0 Å². The third-order valence-corrected chi connectivity index (χ3v) is 1.80. The van der Waals surface area contributed by atoms with Gasteiger partial charge in [0.1, 0.15) is 0 Å². The van der Waals surface area contributed by atoms with Crippen LogP contribution in [0.4, 0.5) is 5.95 Å². The summed E-state index contributed by atoms with van der Waals surface area (Å²) >= 11 is 0. The predicted octanol–water partition coefficient (Wildman–Crippen LogP) is 0.113. The van der Waals surface area contributed by atoms with Gasteiger partial charge in [-0.1, -0.05) is 0 Å². The van der Waals surface area contributed by atoms with Crippen molar-refractivity contribution in [1.82, 2.24) is 9.97 Å². The topological polar surface area (TPSA) is 38.2 Å². The SMILES string of the molecule is [c]1ccnc(N2CCOCC2)n1. The molecule has 12 heavy (non-hydrogen) atoms. The summed E-state index contributed by atoms with van der Waals surface area (Å²) in [4.78, 5) is 10.3. The number of hydrogen-bond acceptors (Lipinski definition) is 4. The van der Waals surface area contributed by atoms with Gasteiger partial charge in [-0.25, -0.2) is 9.97 Å². The van der Waals surface area contributed by atoms with E-state index in [4.69, 9.17) is 4.74 Å². The first-order valence-electron chi connectivity index (χ1n) is 3.98. The zero-order chi connectivity index (χ0) is 8.23. The normalized spacial score (nSPS) is 17.8. The quantitative estimate of drug-likeness (QED) is 0.590. The van der Waals surface area contributed by atoms with Crippen molar-refractivity contribution in [3.05, 3.63) is 18.5 Å². The minimum absolute atomic E-state index is 0.751. The first-order chi connectivity index (χ1) is 5.97. The Labute approximate surface area is 71.2 Å². The van der Waals surface area contributed by atoms with Gasteiger partial charge in [-0.05, 0) is 6.07 Å². The van der Waals surface area contributed by atoms with Gasteiger partial charge >= 0.3 is 0 Å². The van der Waals surface area contributed by atoms with Crippen molar-refractivity contribution in [2.45, 2.75) is 0 Å². The van der Waals surface area contributed by atoms with Gasteiger partial charge in [0.15, 0.2) is 0 Å². The minimum atomic E-state index is 0.751. The molecule has 0 atom stereocenters. The molecule has 0 N–H and O–H groups in total. The second-order valence-corrected chi connectivity index (χ2v) is 2.59. The smallest absolute Gasteiger partial charge is 0.226 e. The van der Waals surface area contributed by atoms with Crippen LogP contribution >= 0.6 is 0 Å². The molecule has 0 bridgehead atoms. The average molecular weight is 164 g/mol. The van der Waals surface area contributed by atoms with E-state index in [1.54, 1.807) is 12.3 Å². The lowest BCUT2D eigenvalue weighted by Crippen LogP contribution is -2.37. The van der Waals surface area contributed by atoms with Crippen molar-refractivity contribution in [3.8, 4) is 0 Å². The number of hydrogen-bond donors (Lipinski definition) is 0. The number of morpholine rings is 1. The number of aromatic nitrogens is 2. The van der Waals surface area contributed by atoms with Gasteiger partial charge in [-0.3, -0.25) is 0 Å². The van der Waals surface area contributed by atoms with Gasteiger partial charge in [-0.2, -0.15) is 0 Å². The van der Waals surface area contributed by atoms with E-state index in [9.17, 15) is 0 Å². The molecule has 63 valence electrons. The fraction of sp³-hybridized carbons (Fsp3) is 0.500. The highest BCUT2D eigenvalue weighted by molar-refractivity contribution is 5.28. The Hall–Kier alpha value is -1.16. The Kier molecular flexibility index (Phi) is 2.18. The van der Waals surface area contributed by atoms with Gasteiger partial charge in [0.2, 0.25) is 5.95 Å². The van der Waals surface area contributed by atoms with E-state index >= 15 is 0 Å². The molecule has 0 unspecified atom stereocenters. The van der Waals surface area contributed by atoms with Crippen molar-refractivity contribution in [2.75, 3.05) is 31.2 Å². The summed E-state index contributed by atoms with van der Waals surface area (Å²) in [6, 6.07) is 1.70. The fourth-order valence-corrected chi connectivity index (χ4v) is 1.18. The number of rotatable bonds is 1. The number of nitrogens with zero attached hydrogens (tertiary/aromatic N) is 3. The lowest BCUT2D eigenvalue weighted by Gasteiger charge is -2.26. The third-order valence-electron chi connectivity index (χ3n) is 1.80. The Morgan fingerprint density at radius 2 is 2.25 bits per heavy atom. The van der Waals surface area contributed by atoms with E-state index in [0.29, 0.717) is 0 Å². The van der Waals surface area contributed by atoms with Gasteiger partial charge in [0.05, 0.1) is 19.4 Å². The first-order valence-corrected chi connectivity index (χ1v) is 3.98. The molecule has 0 amide bonds. The van der Waals surface area contributed by atoms with Crippen LogP contribution in [-0.4, -0.2) is 36.3 Å². The molecular formula is C8H10N3O. The van der Waals surface area contributed by atoms with Crippen LogP contribution in [0.3, 0.4) is 0 Å². The summed E-state index contributed by atoms with van der Waals surface area (Å²) in [5.41, 5.74) is 0. The van der Waals surface area contributed by atoms with E-state index in [2.05, 4.69) is 21.1 Å². The maximum atomic E-state index is 5.21. The summed E-state index contributed by atoms with van der Waals surface area (Å²) in [5, 5.41) is 0. The highest BCUT2D eigenvalue weighted by atomic mass is 16.5. The van der Waals surface area contributed by atoms with Crippen LogP contribution in [0.25, 0.3) is 0 Å². The predicted molar refractivity (Wildman–Crippen MR) is 43.9 cm³/mol. The maximum absolute atomic E-state index is 5.21. The fourth-order valence-electron chi connectivity index (χ4n) is 1.18. The van der Waals surface area contributed by atoms with Gasteiger partial charge in [-0.15, -0.1) is 0 Å². The van der Waals surface area contributed by atoms with E-state index in [1.807, 2.05) is 0 Å². The summed E-state index contributed by atoms with van der Waals surface area (Å²) in [7, 11) is 0. The number of ether oxygens (including phenoxy) is 1. The molecule has 1 saturated heterocycles. The summed E-state index contributed by atoms with van der Waals surface area (Å²) in [6.45, 7) is 3.27. The van der Waals surface area contributed by atoms with Crippen LogP contribution in [0.1, 0.15) is 0 Å². The molecule has 1 fully saturated rings. The largest absolute Gasteiger partial charge is 0.378 e. The molecule has 2 heterocycles. The van der Waals surface area contributed by atoms with Crippen molar-refractivity contribution in [2.24, 2.45) is 0 Å². The second kappa shape index (κ2) is 3.49. The van der Waals surface area contributed by atoms with Crippen LogP contribution in [-0.2, 0) is 4.74 Å². The van der Waals surface area contributed by atoms with Crippen LogP contribution in [0.2, 0.25) is 0 Å². The molecule has 1 aromatic heterocycles. The molecule has 0 aromatic carbocycles. The highest BCUT2D eigenvalue weighted by Crippen LogP contribution is 2.06. The summed E-state index contributed by atoms with van der Waals surface area (Å²) in [6.07, 6.45) is 4.47. The third kappa shape index (κ3) is 1.53. The molecular weight excluding hydrogens is 154 g/mol. The standard InChI is InChI=1S/C8H10N3O/c1-2-9-8(10-3-1)11-4-6-12-7-5-11/h1-2H,4-7H2. The van der Waals surface area contributed by atoms with Crippen molar-refractivity contribution in [1.29, 1.82) is 0 Å². The Morgan fingerprint density at radius 3 is 2.92 bits per heavy atom. The first kappa shape index (κ1) is 7.49. The van der Waals surface area contributed by atoms with E-state index in [1.165, 1.54) is 0 Å². The van der Waals surface area contributed by atoms with Gasteiger partial charge < -0.3 is 9.64 Å². The van der Waals surface area contributed by atoms with E-state index < -0.39 is 0 Å². The lowest BCUT2D eigenvalue weighted by atomic mass is 10.4. The van der Waals surface area contributed by atoms with Crippen LogP contribution in [0.15, 0.2) is 12.3 Å². The molecule has 0 saturated carbocycles. The summed E-state index contributed by atoms with van der Waals surface area (Å²) < 4.78 is 5.21. The summed E-state index contributed by atoms with van der Waals surface area (Å²) in [5.74, 6) is 0.751. The van der Waals surface area contributed by atoms with Gasteiger partial charge in [0, 0.05) is 19.3 Å². The average Bonchev–Trinajstić information content (AvgIpc) is 2.21. The maximum Gasteiger partial charge on any atom is 0.226 e. The minimum Gasteiger partial charge on any atom is -0.378 e. The van der Waals surface area contributed by atoms with Crippen molar-refractivity contribution >= 4 is 5.95 Å². The van der Waals surface area contributed by atoms with Crippen LogP contribution in [0, 0.1) is 6.20 Å². The lowest BCUT2D eigenvalue weighted by molar-refractivity contribution is 0.122. The molecule has 4 heteroatoms. The Balaban J connectivity index is 2.08. The molecule has 2 rings (SSSR count). The molecule has 1 radical (unpaired) electrons. The van der Waals surface area contributed by atoms with Crippen LogP contribution < -0.4 is 4.90 Å². The molecule has 1 aromatic rings. The zero-order valence-electron chi connectivity index (χ0n) is 6.73.